The number of nitrogens with zero attached hydrogens (tertiary/aromatic N) is 4. The first-order valence-electron chi connectivity index (χ1n) is 12.8. The lowest BCUT2D eigenvalue weighted by atomic mass is 10.1. The highest BCUT2D eigenvalue weighted by atomic mass is 32.2. The maximum absolute atomic E-state index is 12.5. The summed E-state index contributed by atoms with van der Waals surface area (Å²) in [5.74, 6) is 4.94. The molecular formula is C29H31N5O5S. The van der Waals surface area contributed by atoms with Crippen LogP contribution in [0, 0.1) is 11.8 Å². The molecule has 3 N–H and O–H groups in total. The molecule has 2 atom stereocenters. The molecule has 0 spiro atoms. The van der Waals surface area contributed by atoms with Gasteiger partial charge in [0.2, 0.25) is 11.3 Å². The highest BCUT2D eigenvalue weighted by Crippen LogP contribution is 2.20. The van der Waals surface area contributed by atoms with Crippen molar-refractivity contribution in [3.05, 3.63) is 95.3 Å². The predicted octanol–water partition coefficient (Wildman–Crippen LogP) is 2.75. The molecule has 2 aromatic carbocycles. The molecule has 208 valence electrons. The zero-order chi connectivity index (χ0) is 28.5. The van der Waals surface area contributed by atoms with Crippen molar-refractivity contribution in [1.29, 1.82) is 0 Å². The summed E-state index contributed by atoms with van der Waals surface area (Å²) < 4.78 is 22.8. The van der Waals surface area contributed by atoms with E-state index in [0.29, 0.717) is 44.0 Å². The van der Waals surface area contributed by atoms with Crippen molar-refractivity contribution in [2.45, 2.75) is 25.9 Å². The quantitative estimate of drug-likeness (QED) is 0.269. The lowest BCUT2D eigenvalue weighted by Gasteiger charge is -2.41. The van der Waals surface area contributed by atoms with Gasteiger partial charge in [-0.05, 0) is 48.9 Å². The van der Waals surface area contributed by atoms with Gasteiger partial charge in [0.25, 0.3) is 5.91 Å². The number of pyridine rings is 1. The van der Waals surface area contributed by atoms with Crippen LogP contribution < -0.4 is 10.2 Å². The van der Waals surface area contributed by atoms with Crippen LogP contribution in [-0.4, -0.2) is 72.4 Å². The van der Waals surface area contributed by atoms with Gasteiger partial charge in [-0.3, -0.25) is 19.1 Å². The van der Waals surface area contributed by atoms with Crippen LogP contribution in [0.1, 0.15) is 40.5 Å². The Balaban J connectivity index is 1.33. The van der Waals surface area contributed by atoms with E-state index >= 15 is 0 Å². The fourth-order valence-corrected chi connectivity index (χ4v) is 5.16. The number of hydrazine groups is 1. The van der Waals surface area contributed by atoms with Gasteiger partial charge >= 0.3 is 5.97 Å². The summed E-state index contributed by atoms with van der Waals surface area (Å²) in [7, 11) is 0. The molecule has 4 rings (SSSR count). The maximum atomic E-state index is 12.5. The Kier molecular flexibility index (Phi) is 9.99. The number of carbonyl (C=O) groups excluding carboxylic acids is 1. The van der Waals surface area contributed by atoms with E-state index in [-0.39, 0.29) is 12.3 Å². The molecule has 40 heavy (non-hydrogen) atoms. The van der Waals surface area contributed by atoms with Gasteiger partial charge in [0, 0.05) is 61.8 Å². The number of anilines is 1. The second-order valence-electron chi connectivity index (χ2n) is 9.32. The molecule has 0 radical (unpaired) electrons. The zero-order valence-electron chi connectivity index (χ0n) is 22.1. The third-order valence-electron chi connectivity index (χ3n) is 6.41. The monoisotopic (exact) mass is 561 g/mol. The number of carbonyl (C=O) groups is 2. The minimum Gasteiger partial charge on any atom is -0.481 e. The minimum absolute atomic E-state index is 0.225. The van der Waals surface area contributed by atoms with Crippen molar-refractivity contribution < 1.29 is 23.5 Å². The first-order valence-corrected chi connectivity index (χ1v) is 13.9. The predicted molar refractivity (Wildman–Crippen MR) is 152 cm³/mol. The number of amides is 1. The summed E-state index contributed by atoms with van der Waals surface area (Å²) in [5, 5.41) is 13.7. The van der Waals surface area contributed by atoms with Crippen molar-refractivity contribution >= 4 is 28.8 Å². The van der Waals surface area contributed by atoms with Crippen LogP contribution in [0.4, 0.5) is 5.69 Å². The first kappa shape index (κ1) is 28.9. The molecule has 1 fully saturated rings. The number of carboxylic acid groups (broad SMARTS) is 1. The molecule has 0 saturated carbocycles. The van der Waals surface area contributed by atoms with Crippen LogP contribution in [0.2, 0.25) is 0 Å². The van der Waals surface area contributed by atoms with E-state index in [1.807, 2.05) is 54.6 Å². The van der Waals surface area contributed by atoms with E-state index in [1.54, 1.807) is 30.3 Å². The minimum atomic E-state index is -2.30. The second kappa shape index (κ2) is 13.8. The molecule has 1 aliphatic rings. The lowest BCUT2D eigenvalue weighted by molar-refractivity contribution is -0.139. The third-order valence-corrected chi connectivity index (χ3v) is 7.32. The van der Waals surface area contributed by atoms with Crippen molar-refractivity contribution in [3.8, 4) is 11.8 Å². The number of aliphatic carboxylic acids is 1. The molecule has 3 aromatic rings. The van der Waals surface area contributed by atoms with E-state index in [1.165, 1.54) is 4.41 Å². The second-order valence-corrected chi connectivity index (χ2v) is 10.2. The lowest BCUT2D eigenvalue weighted by Crippen LogP contribution is -2.57. The number of nitrogens with one attached hydrogen (secondary N) is 1. The van der Waals surface area contributed by atoms with Gasteiger partial charge in [0.15, 0.2) is 0 Å². The molecule has 2 heterocycles. The van der Waals surface area contributed by atoms with Crippen molar-refractivity contribution in [3.63, 3.8) is 0 Å². The highest BCUT2D eigenvalue weighted by Gasteiger charge is 2.30. The van der Waals surface area contributed by atoms with E-state index < -0.39 is 23.3 Å². The Hall–Kier alpha value is -4.08. The van der Waals surface area contributed by atoms with E-state index in [9.17, 15) is 18.4 Å². The Morgan fingerprint density at radius 3 is 2.35 bits per heavy atom. The largest absolute Gasteiger partial charge is 0.481 e. The summed E-state index contributed by atoms with van der Waals surface area (Å²) in [6.07, 6.45) is 1.34. The molecule has 11 heteroatoms. The number of hydrogen-bond donors (Lipinski definition) is 3. The maximum Gasteiger partial charge on any atom is 0.305 e. The number of piperazine rings is 1. The summed E-state index contributed by atoms with van der Waals surface area (Å²) in [5.41, 5.74) is 3.81. The van der Waals surface area contributed by atoms with Crippen LogP contribution in [0.25, 0.3) is 0 Å². The van der Waals surface area contributed by atoms with Crippen molar-refractivity contribution in [2.75, 3.05) is 31.1 Å². The Bertz CT molecular complexity index is 1400. The van der Waals surface area contributed by atoms with Gasteiger partial charge in [-0.25, -0.2) is 9.22 Å². The number of hydrogen-bond acceptors (Lipinski definition) is 6. The molecule has 10 nitrogen and oxygen atoms in total. The van der Waals surface area contributed by atoms with Crippen LogP contribution in [0.5, 0.6) is 0 Å². The van der Waals surface area contributed by atoms with Gasteiger partial charge in [-0.15, -0.1) is 4.41 Å². The summed E-state index contributed by atoms with van der Waals surface area (Å²) >= 11 is -2.30. The number of rotatable bonds is 9. The fourth-order valence-electron chi connectivity index (χ4n) is 4.41. The summed E-state index contributed by atoms with van der Waals surface area (Å²) in [6.45, 7) is 4.25. The zero-order valence-corrected chi connectivity index (χ0v) is 22.9. The topological polar surface area (TPSA) is 126 Å². The Morgan fingerprint density at radius 2 is 1.70 bits per heavy atom. The van der Waals surface area contributed by atoms with Crippen molar-refractivity contribution in [1.82, 2.24) is 19.7 Å². The summed E-state index contributed by atoms with van der Waals surface area (Å²) in [4.78, 5) is 29.9. The van der Waals surface area contributed by atoms with Crippen LogP contribution in [-0.2, 0) is 22.6 Å². The van der Waals surface area contributed by atoms with Crippen molar-refractivity contribution in [2.24, 2.45) is 0 Å². The standard InChI is InChI=1S/C29H31N5O5S/c1-22(19-28(35)36)34(40(38)39)33-17-15-32(16-18-33)26-11-9-23(10-12-26)7-8-24-13-14-30-27(20-24)29(37)31-21-25-5-3-2-4-6-25/h2-6,9-14,20,22H,15-19,21H2,1H3,(H,31,37)(H,35,36)(H,38,39). The average molecular weight is 562 g/mol. The number of aromatic nitrogens is 1. The van der Waals surface area contributed by atoms with Crippen LogP contribution in [0.15, 0.2) is 72.9 Å². The van der Waals surface area contributed by atoms with E-state index in [0.717, 1.165) is 16.8 Å². The molecule has 1 aliphatic heterocycles. The molecule has 2 unspecified atom stereocenters. The highest BCUT2D eigenvalue weighted by molar-refractivity contribution is 7.76. The molecule has 1 amide bonds. The van der Waals surface area contributed by atoms with Gasteiger partial charge in [0.05, 0.1) is 6.42 Å². The Labute approximate surface area is 236 Å². The molecule has 1 saturated heterocycles. The van der Waals surface area contributed by atoms with E-state index in [4.69, 9.17) is 5.11 Å². The third kappa shape index (κ3) is 7.97. The van der Waals surface area contributed by atoms with Crippen LogP contribution >= 0.6 is 0 Å². The average Bonchev–Trinajstić information content (AvgIpc) is 2.96. The van der Waals surface area contributed by atoms with E-state index in [2.05, 4.69) is 27.0 Å². The number of carboxylic acids is 1. The van der Waals surface area contributed by atoms with Gasteiger partial charge in [0.1, 0.15) is 5.69 Å². The Morgan fingerprint density at radius 1 is 1.02 bits per heavy atom. The first-order chi connectivity index (χ1) is 19.3. The molecule has 0 bridgehead atoms. The van der Waals surface area contributed by atoms with Gasteiger partial charge in [-0.1, -0.05) is 42.2 Å². The smallest absolute Gasteiger partial charge is 0.305 e. The molecule has 0 aliphatic carbocycles. The number of benzene rings is 2. The normalized spacial score (nSPS) is 15.1. The molecular weight excluding hydrogens is 530 g/mol. The van der Waals surface area contributed by atoms with Gasteiger partial charge < -0.3 is 15.3 Å². The SMILES string of the molecule is CC(CC(=O)O)N(N1CCN(c2ccc(C#Cc3ccnc(C(=O)NCc4ccccc4)c3)cc2)CC1)S(=O)O. The fraction of sp³-hybridized carbons (Fsp3) is 0.276. The van der Waals surface area contributed by atoms with Crippen LogP contribution in [0.3, 0.4) is 0 Å². The van der Waals surface area contributed by atoms with Gasteiger partial charge in [-0.2, -0.15) is 0 Å². The summed E-state index contributed by atoms with van der Waals surface area (Å²) in [6, 6.07) is 20.3. The molecule has 1 aromatic heterocycles.